The molecule has 0 aromatic carbocycles. The smallest absolute Gasteiger partial charge is 0.342 e. The number of carbonyl (C=O) groups is 1. The van der Waals surface area contributed by atoms with Crippen LogP contribution in [-0.2, 0) is 0 Å². The zero-order valence-corrected chi connectivity index (χ0v) is 9.16. The molecule has 1 aromatic rings. The summed E-state index contributed by atoms with van der Waals surface area (Å²) in [5.74, 6) is -0.855. The quantitative estimate of drug-likeness (QED) is 0.870. The summed E-state index contributed by atoms with van der Waals surface area (Å²) in [5.41, 5.74) is 0.417. The number of aromatic nitrogens is 2. The Bertz CT molecular complexity index is 374. The second kappa shape index (κ2) is 4.21. The molecule has 1 aromatic heterocycles. The van der Waals surface area contributed by atoms with Crippen molar-refractivity contribution < 1.29 is 18.0 Å². The van der Waals surface area contributed by atoms with Crippen LogP contribution in [0.15, 0.2) is 4.60 Å². The lowest BCUT2D eigenvalue weighted by Gasteiger charge is -2.06. The van der Waals surface area contributed by atoms with Gasteiger partial charge < -0.3 is 5.32 Å². The number of aromatic amines is 1. The van der Waals surface area contributed by atoms with E-state index in [0.29, 0.717) is 10.2 Å². The molecule has 0 bridgehead atoms. The first-order chi connectivity index (χ1) is 6.81. The lowest BCUT2D eigenvalue weighted by molar-refractivity contribution is -0.123. The van der Waals surface area contributed by atoms with Crippen molar-refractivity contribution >= 4 is 21.8 Å². The average Bonchev–Trinajstić information content (AvgIpc) is 2.43. The highest BCUT2D eigenvalue weighted by Crippen LogP contribution is 2.16. The minimum absolute atomic E-state index is 0.0499. The van der Waals surface area contributed by atoms with E-state index in [9.17, 15) is 18.0 Å². The van der Waals surface area contributed by atoms with E-state index in [4.69, 9.17) is 0 Å². The molecule has 0 atom stereocenters. The van der Waals surface area contributed by atoms with Gasteiger partial charge in [0, 0.05) is 5.56 Å². The minimum atomic E-state index is -4.42. The summed E-state index contributed by atoms with van der Waals surface area (Å²) >= 11 is 3.05. The van der Waals surface area contributed by atoms with Crippen LogP contribution in [0.3, 0.4) is 0 Å². The molecule has 0 spiro atoms. The highest BCUT2D eigenvalue weighted by molar-refractivity contribution is 9.10. The van der Waals surface area contributed by atoms with Crippen molar-refractivity contribution in [3.05, 3.63) is 15.9 Å². The van der Waals surface area contributed by atoms with Crippen molar-refractivity contribution in [2.24, 2.45) is 0 Å². The van der Waals surface area contributed by atoms with Gasteiger partial charge in [0.05, 0.1) is 0 Å². The van der Waals surface area contributed by atoms with Gasteiger partial charge in [0.1, 0.15) is 11.1 Å². The second-order valence-corrected chi connectivity index (χ2v) is 3.60. The molecule has 0 saturated carbocycles. The lowest BCUT2D eigenvalue weighted by Crippen LogP contribution is -2.34. The number of amides is 1. The number of nitrogens with zero attached hydrogens (tertiary/aromatic N) is 1. The molecule has 0 saturated heterocycles. The molecule has 0 unspecified atom stereocenters. The van der Waals surface area contributed by atoms with E-state index < -0.39 is 18.6 Å². The van der Waals surface area contributed by atoms with Crippen LogP contribution in [0, 0.1) is 6.92 Å². The summed E-state index contributed by atoms with van der Waals surface area (Å²) in [6.45, 7) is 0.200. The molecule has 0 aliphatic heterocycles. The predicted molar refractivity (Wildman–Crippen MR) is 49.4 cm³/mol. The van der Waals surface area contributed by atoms with Gasteiger partial charge in [-0.1, -0.05) is 0 Å². The van der Waals surface area contributed by atoms with Gasteiger partial charge in [-0.3, -0.25) is 9.89 Å². The lowest BCUT2D eigenvalue weighted by atomic mass is 10.2. The van der Waals surface area contributed by atoms with E-state index >= 15 is 0 Å². The summed E-state index contributed by atoms with van der Waals surface area (Å²) in [6.07, 6.45) is -4.42. The fourth-order valence-electron chi connectivity index (χ4n) is 0.862. The molecule has 1 heterocycles. The normalized spacial score (nSPS) is 11.5. The maximum absolute atomic E-state index is 11.8. The van der Waals surface area contributed by atoms with Crippen LogP contribution < -0.4 is 5.32 Å². The molecule has 1 amide bonds. The van der Waals surface area contributed by atoms with Crippen LogP contribution in [-0.4, -0.2) is 28.8 Å². The Morgan fingerprint density at radius 3 is 2.60 bits per heavy atom. The van der Waals surface area contributed by atoms with Gasteiger partial charge in [-0.15, -0.1) is 0 Å². The maximum Gasteiger partial charge on any atom is 0.405 e. The summed E-state index contributed by atoms with van der Waals surface area (Å²) in [6, 6.07) is 0. The van der Waals surface area contributed by atoms with E-state index in [-0.39, 0.29) is 5.69 Å². The molecular weight excluding hydrogens is 279 g/mol. The highest BCUT2D eigenvalue weighted by Gasteiger charge is 2.28. The third kappa shape index (κ3) is 3.22. The highest BCUT2D eigenvalue weighted by atomic mass is 79.9. The van der Waals surface area contributed by atoms with Crippen LogP contribution in [0.25, 0.3) is 0 Å². The van der Waals surface area contributed by atoms with Crippen molar-refractivity contribution in [1.82, 2.24) is 15.5 Å². The Balaban J connectivity index is 2.66. The van der Waals surface area contributed by atoms with E-state index in [1.807, 2.05) is 0 Å². The largest absolute Gasteiger partial charge is 0.405 e. The standard InChI is InChI=1S/C7H7BrF3N3O/c1-3-4(13-14-5(3)8)6(15)12-2-7(9,10)11/h2H2,1H3,(H,12,15)(H,13,14). The van der Waals surface area contributed by atoms with Gasteiger partial charge in [-0.25, -0.2) is 0 Å². The Morgan fingerprint density at radius 1 is 1.60 bits per heavy atom. The summed E-state index contributed by atoms with van der Waals surface area (Å²) in [7, 11) is 0. The second-order valence-electron chi connectivity index (χ2n) is 2.81. The molecule has 0 fully saturated rings. The average molecular weight is 286 g/mol. The third-order valence-electron chi connectivity index (χ3n) is 1.61. The molecule has 0 radical (unpaired) electrons. The minimum Gasteiger partial charge on any atom is -0.342 e. The molecule has 1 rings (SSSR count). The van der Waals surface area contributed by atoms with Crippen molar-refractivity contribution in [1.29, 1.82) is 0 Å². The Morgan fingerprint density at radius 2 is 2.20 bits per heavy atom. The third-order valence-corrected chi connectivity index (χ3v) is 2.39. The first kappa shape index (κ1) is 12.0. The van der Waals surface area contributed by atoms with Gasteiger partial charge in [-0.2, -0.15) is 18.3 Å². The number of rotatable bonds is 2. The molecule has 2 N–H and O–H groups in total. The van der Waals surface area contributed by atoms with Crippen LogP contribution >= 0.6 is 15.9 Å². The van der Waals surface area contributed by atoms with E-state index in [0.717, 1.165) is 0 Å². The summed E-state index contributed by atoms with van der Waals surface area (Å²) in [5, 5.41) is 7.73. The predicted octanol–water partition coefficient (Wildman–Crippen LogP) is 1.77. The van der Waals surface area contributed by atoms with Crippen molar-refractivity contribution in [3.8, 4) is 0 Å². The monoisotopic (exact) mass is 285 g/mol. The Kier molecular flexibility index (Phi) is 3.38. The molecule has 4 nitrogen and oxygen atoms in total. The first-order valence-corrected chi connectivity index (χ1v) is 4.66. The number of alkyl halides is 3. The van der Waals surface area contributed by atoms with Crippen molar-refractivity contribution in [2.45, 2.75) is 13.1 Å². The fourth-order valence-corrected chi connectivity index (χ4v) is 1.14. The number of nitrogens with one attached hydrogen (secondary N) is 2. The maximum atomic E-state index is 11.8. The van der Waals surface area contributed by atoms with E-state index in [2.05, 4.69) is 26.1 Å². The van der Waals surface area contributed by atoms with Gasteiger partial charge >= 0.3 is 6.18 Å². The fraction of sp³-hybridized carbons (Fsp3) is 0.429. The van der Waals surface area contributed by atoms with E-state index in [1.54, 1.807) is 12.2 Å². The number of hydrogen-bond acceptors (Lipinski definition) is 2. The van der Waals surface area contributed by atoms with Crippen molar-refractivity contribution in [3.63, 3.8) is 0 Å². The first-order valence-electron chi connectivity index (χ1n) is 3.86. The van der Waals surface area contributed by atoms with Gasteiger partial charge in [-0.05, 0) is 22.9 Å². The van der Waals surface area contributed by atoms with E-state index in [1.165, 1.54) is 0 Å². The number of carbonyl (C=O) groups excluding carboxylic acids is 1. The zero-order valence-electron chi connectivity index (χ0n) is 7.57. The molecule has 0 aliphatic rings. The SMILES string of the molecule is Cc1c(C(=O)NCC(F)(F)F)n[nH]c1Br. The van der Waals surface area contributed by atoms with Crippen LogP contribution in [0.4, 0.5) is 13.2 Å². The Hall–Kier alpha value is -1.05. The number of hydrogen-bond donors (Lipinski definition) is 2. The molecule has 84 valence electrons. The molecule has 8 heteroatoms. The van der Waals surface area contributed by atoms with Crippen LogP contribution in [0.5, 0.6) is 0 Å². The Labute approximate surface area is 91.4 Å². The molecular formula is C7H7BrF3N3O. The molecule has 15 heavy (non-hydrogen) atoms. The van der Waals surface area contributed by atoms with Gasteiger partial charge in [0.25, 0.3) is 5.91 Å². The number of halogens is 4. The van der Waals surface area contributed by atoms with Crippen LogP contribution in [0.2, 0.25) is 0 Å². The number of H-pyrrole nitrogens is 1. The van der Waals surface area contributed by atoms with Crippen molar-refractivity contribution in [2.75, 3.05) is 6.54 Å². The van der Waals surface area contributed by atoms with Gasteiger partial charge in [0.15, 0.2) is 5.69 Å². The topological polar surface area (TPSA) is 57.8 Å². The van der Waals surface area contributed by atoms with Crippen LogP contribution in [0.1, 0.15) is 16.1 Å². The zero-order chi connectivity index (χ0) is 11.6. The summed E-state index contributed by atoms with van der Waals surface area (Å²) < 4.78 is 35.8. The molecule has 0 aliphatic carbocycles. The van der Waals surface area contributed by atoms with Gasteiger partial charge in [0.2, 0.25) is 0 Å². The summed E-state index contributed by atoms with van der Waals surface area (Å²) in [4.78, 5) is 11.2.